The summed E-state index contributed by atoms with van der Waals surface area (Å²) < 4.78 is 36.7. The summed E-state index contributed by atoms with van der Waals surface area (Å²) in [5.41, 5.74) is -1.26. The highest BCUT2D eigenvalue weighted by atomic mass is 16.5. The minimum atomic E-state index is -3.10. The molecular formula is C43H56N6O7. The molecule has 1 aromatic heterocycles. The molecule has 0 radical (unpaired) electrons. The van der Waals surface area contributed by atoms with E-state index in [2.05, 4.69) is 20.2 Å². The molecular weight excluding hydrogens is 713 g/mol. The molecule has 6 heterocycles. The molecule has 2 saturated heterocycles. The van der Waals surface area contributed by atoms with Gasteiger partial charge in [-0.05, 0) is 74.2 Å². The molecule has 3 aromatic rings. The number of fused-ring (bicyclic) bond motifs is 6. The fourth-order valence-electron chi connectivity index (χ4n) is 13.1. The minimum Gasteiger partial charge on any atom is -0.496 e. The third-order valence-electron chi connectivity index (χ3n) is 15.2. The first kappa shape index (κ1) is 34.1. The van der Waals surface area contributed by atoms with E-state index in [0.29, 0.717) is 81.8 Å². The lowest BCUT2D eigenvalue weighted by molar-refractivity contribution is -0.203. The van der Waals surface area contributed by atoms with Gasteiger partial charge in [-0.3, -0.25) is 24.8 Å². The fourth-order valence-corrected chi connectivity index (χ4v) is 13.1. The minimum absolute atomic E-state index is 0.0807. The third kappa shape index (κ3) is 4.58. The second-order valence-corrected chi connectivity index (χ2v) is 17.5. The maximum atomic E-state index is 15.5. The quantitative estimate of drug-likeness (QED) is 0.0713. The van der Waals surface area contributed by atoms with Crippen LogP contribution in [0.15, 0.2) is 48.6 Å². The number of hydrogen-bond acceptors (Lipinski definition) is 11. The molecule has 10 atom stereocenters. The molecule has 2 bridgehead atoms. The molecule has 3 fully saturated rings. The van der Waals surface area contributed by atoms with Crippen molar-refractivity contribution in [3.8, 4) is 5.75 Å². The summed E-state index contributed by atoms with van der Waals surface area (Å²) in [5.74, 6) is 3.93. The molecule has 13 nitrogen and oxygen atoms in total. The first-order chi connectivity index (χ1) is 28.0. The SMILES string of the molecule is [2H]C([2H])([2H])OC(=O)[C@@]1(c2cc3c(cc2OC)N(C)[C@H]2[C@@](O)(C(=O)NN)[C@H](O)[C@]4(CC)C=CCN5CC[C@]32[C@@H]54)C[C@H]2CN(CCc3c1[nH]c1ccccc31)C[C@@](O)(CC)C2. The van der Waals surface area contributed by atoms with Crippen LogP contribution in [0.2, 0.25) is 0 Å². The van der Waals surface area contributed by atoms with Gasteiger partial charge in [0.2, 0.25) is 0 Å². The van der Waals surface area contributed by atoms with E-state index in [4.69, 9.17) is 19.4 Å². The number of benzene rings is 2. The summed E-state index contributed by atoms with van der Waals surface area (Å²) >= 11 is 0. The van der Waals surface area contributed by atoms with Crippen molar-refractivity contribution < 1.29 is 38.5 Å². The molecule has 7 N–H and O–H groups in total. The molecule has 1 amide bonds. The number of H-pyrrole nitrogens is 1. The maximum absolute atomic E-state index is 15.5. The Morgan fingerprint density at radius 1 is 1.11 bits per heavy atom. The Balaban J connectivity index is 1.38. The Labute approximate surface area is 332 Å². The van der Waals surface area contributed by atoms with Gasteiger partial charge in [0.15, 0.2) is 5.60 Å². The van der Waals surface area contributed by atoms with Crippen LogP contribution >= 0.6 is 0 Å². The van der Waals surface area contributed by atoms with E-state index >= 15 is 4.79 Å². The zero-order chi connectivity index (χ0) is 42.1. The number of carbonyl (C=O) groups excluding carboxylic acids is 2. The molecule has 1 saturated carbocycles. The number of nitrogens with zero attached hydrogens (tertiary/aromatic N) is 3. The van der Waals surface area contributed by atoms with Crippen LogP contribution in [0.3, 0.4) is 0 Å². The largest absolute Gasteiger partial charge is 0.496 e. The van der Waals surface area contributed by atoms with Crippen molar-refractivity contribution in [1.82, 2.24) is 20.2 Å². The highest BCUT2D eigenvalue weighted by Crippen LogP contribution is 2.67. The molecule has 2 aromatic carbocycles. The van der Waals surface area contributed by atoms with Gasteiger partial charge in [0.1, 0.15) is 17.3 Å². The van der Waals surface area contributed by atoms with Crippen molar-refractivity contribution in [2.24, 2.45) is 17.2 Å². The van der Waals surface area contributed by atoms with Gasteiger partial charge in [-0.2, -0.15) is 0 Å². The number of aliphatic hydroxyl groups is 3. The number of aromatic nitrogens is 1. The van der Waals surface area contributed by atoms with Crippen LogP contribution in [0.5, 0.6) is 5.75 Å². The smallest absolute Gasteiger partial charge is 0.322 e. The van der Waals surface area contributed by atoms with E-state index in [9.17, 15) is 20.1 Å². The number of para-hydroxylation sites is 1. The number of esters is 1. The maximum Gasteiger partial charge on any atom is 0.322 e. The van der Waals surface area contributed by atoms with Gasteiger partial charge in [0, 0.05) is 84.0 Å². The molecule has 300 valence electrons. The predicted octanol–water partition coefficient (Wildman–Crippen LogP) is 2.24. The molecule has 9 rings (SSSR count). The monoisotopic (exact) mass is 771 g/mol. The average Bonchev–Trinajstić information content (AvgIpc) is 3.87. The Kier molecular flexibility index (Phi) is 7.77. The van der Waals surface area contributed by atoms with Gasteiger partial charge in [-0.25, -0.2) is 5.84 Å². The van der Waals surface area contributed by atoms with E-state index in [0.717, 1.165) is 22.0 Å². The summed E-state index contributed by atoms with van der Waals surface area (Å²) in [4.78, 5) is 39.6. The first-order valence-electron chi connectivity index (χ1n) is 21.5. The van der Waals surface area contributed by atoms with E-state index in [1.54, 1.807) is 7.05 Å². The molecule has 6 aliphatic rings. The van der Waals surface area contributed by atoms with Crippen molar-refractivity contribution in [3.63, 3.8) is 0 Å². The molecule has 13 heteroatoms. The summed E-state index contributed by atoms with van der Waals surface area (Å²) in [5, 5.41) is 38.2. The summed E-state index contributed by atoms with van der Waals surface area (Å²) in [6, 6.07) is 10.1. The van der Waals surface area contributed by atoms with Crippen LogP contribution < -0.4 is 20.9 Å². The van der Waals surface area contributed by atoms with Crippen LogP contribution in [0.1, 0.15) is 72.4 Å². The van der Waals surface area contributed by atoms with Crippen LogP contribution in [0.25, 0.3) is 10.9 Å². The number of anilines is 1. The van der Waals surface area contributed by atoms with Crippen LogP contribution in [-0.2, 0) is 31.6 Å². The number of hydrazine groups is 1. The number of aliphatic hydroxyl groups excluding tert-OH is 1. The Morgan fingerprint density at radius 3 is 2.64 bits per heavy atom. The Hall–Kier alpha value is -3.98. The average molecular weight is 772 g/mol. The number of aromatic amines is 1. The molecule has 5 aliphatic heterocycles. The van der Waals surface area contributed by atoms with Crippen molar-refractivity contribution in [1.29, 1.82) is 0 Å². The number of amides is 1. The van der Waals surface area contributed by atoms with Gasteiger partial charge in [0.05, 0.1) is 29.9 Å². The number of ether oxygens (including phenoxy) is 2. The van der Waals surface area contributed by atoms with Crippen molar-refractivity contribution >= 4 is 28.5 Å². The number of rotatable bonds is 6. The van der Waals surface area contributed by atoms with Gasteiger partial charge in [-0.1, -0.05) is 44.2 Å². The second-order valence-electron chi connectivity index (χ2n) is 17.5. The molecule has 1 aliphatic carbocycles. The number of piperidine rings is 1. The van der Waals surface area contributed by atoms with E-state index in [1.807, 2.05) is 67.3 Å². The second kappa shape index (κ2) is 12.8. The van der Waals surface area contributed by atoms with Crippen molar-refractivity contribution in [3.05, 3.63) is 70.9 Å². The van der Waals surface area contributed by atoms with Crippen molar-refractivity contribution in [2.45, 2.75) is 92.6 Å². The third-order valence-corrected chi connectivity index (χ3v) is 15.2. The highest BCUT2D eigenvalue weighted by molar-refractivity contribution is 5.95. The fraction of sp³-hybridized carbons (Fsp3) is 0.581. The summed E-state index contributed by atoms with van der Waals surface area (Å²) in [6.07, 6.45) is 4.74. The molecule has 1 unspecified atom stereocenters. The van der Waals surface area contributed by atoms with Gasteiger partial charge >= 0.3 is 5.97 Å². The number of carbonyl (C=O) groups is 2. The highest BCUT2D eigenvalue weighted by Gasteiger charge is 2.78. The lowest BCUT2D eigenvalue weighted by atomic mass is 9.47. The summed E-state index contributed by atoms with van der Waals surface area (Å²) in [6.45, 7) is 6.74. The van der Waals surface area contributed by atoms with Crippen LogP contribution in [-0.4, -0.2) is 125 Å². The van der Waals surface area contributed by atoms with E-state index in [-0.39, 0.29) is 24.1 Å². The zero-order valence-electron chi connectivity index (χ0n) is 35.6. The van der Waals surface area contributed by atoms with Crippen LogP contribution in [0, 0.1) is 11.3 Å². The Bertz CT molecular complexity index is 2250. The van der Waals surface area contributed by atoms with Crippen LogP contribution in [0.4, 0.5) is 5.69 Å². The van der Waals surface area contributed by atoms with E-state index < -0.39 is 58.5 Å². The van der Waals surface area contributed by atoms with Gasteiger partial charge < -0.3 is 34.7 Å². The van der Waals surface area contributed by atoms with E-state index in [1.165, 1.54) is 7.11 Å². The van der Waals surface area contributed by atoms with Crippen molar-refractivity contribution in [2.75, 3.05) is 58.8 Å². The molecule has 56 heavy (non-hydrogen) atoms. The van der Waals surface area contributed by atoms with Gasteiger partial charge in [-0.15, -0.1) is 0 Å². The van der Waals surface area contributed by atoms with Gasteiger partial charge in [0.25, 0.3) is 5.91 Å². The lowest BCUT2D eigenvalue weighted by Gasteiger charge is -2.63. The number of nitrogens with two attached hydrogens (primary N) is 1. The number of likely N-dealkylation sites (N-methyl/N-ethyl adjacent to an activating group) is 1. The molecule has 1 spiro atoms. The number of methoxy groups -OCH3 is 2. The number of nitrogens with one attached hydrogen (secondary N) is 2. The lowest BCUT2D eigenvalue weighted by Crippen LogP contribution is -2.82. The topological polar surface area (TPSA) is 177 Å². The Morgan fingerprint density at radius 2 is 1.91 bits per heavy atom. The standard InChI is InChI=1S/C43H56N6O7/c1-6-39(53)21-25-22-42(38(52)56-5,33-27(13-17-48(23-25)24-39)26-11-8-9-12-30(26)45-33)29-19-28-31(20-32(29)55-4)47(3)35-41(28)15-18-49-16-10-14-40(7-2,34(41)49)36(50)43(35,54)37(51)46-44/h8-12,14,19-20,25,34-36,45,50,53-54H,6-7,13,15-18,21-24,44H2,1-5H3,(H,46,51)/t25-,34-,35+,36+,39+,40+,41+,42+,43-/m0/s1/i5D3. The number of hydrogen-bond donors (Lipinski definition) is 6. The summed E-state index contributed by atoms with van der Waals surface area (Å²) in [7, 11) is 0.189. The first-order valence-corrected chi connectivity index (χ1v) is 20.0. The zero-order valence-corrected chi connectivity index (χ0v) is 32.6. The normalized spacial score (nSPS) is 39.5. The predicted molar refractivity (Wildman–Crippen MR) is 211 cm³/mol.